The van der Waals surface area contributed by atoms with Gasteiger partial charge < -0.3 is 10.7 Å². The summed E-state index contributed by atoms with van der Waals surface area (Å²) in [5.41, 5.74) is 8.47. The minimum Gasteiger partial charge on any atom is -0.399 e. The molecule has 3 aromatic rings. The predicted molar refractivity (Wildman–Crippen MR) is 75.9 cm³/mol. The van der Waals surface area contributed by atoms with Gasteiger partial charge >= 0.3 is 0 Å². The molecule has 0 aliphatic carbocycles. The average molecular weight is 238 g/mol. The number of anilines is 1. The van der Waals surface area contributed by atoms with E-state index in [0.717, 1.165) is 33.7 Å². The molecule has 0 aliphatic rings. The molecule has 1 heterocycles. The van der Waals surface area contributed by atoms with Gasteiger partial charge in [0.15, 0.2) is 0 Å². The molecule has 18 heavy (non-hydrogen) atoms. The highest BCUT2D eigenvalue weighted by atomic mass is 16.1. The predicted octanol–water partition coefficient (Wildman–Crippen LogP) is 2.83. The molecule has 3 heteroatoms. The van der Waals surface area contributed by atoms with Gasteiger partial charge in [-0.3, -0.25) is 4.79 Å². The molecule has 0 radical (unpaired) electrons. The zero-order valence-electron chi connectivity index (χ0n) is 10.2. The molecule has 0 aliphatic heterocycles. The molecular weight excluding hydrogens is 224 g/mol. The molecule has 90 valence electrons. The van der Waals surface area contributed by atoms with Crippen molar-refractivity contribution >= 4 is 27.4 Å². The van der Waals surface area contributed by atoms with Gasteiger partial charge in [0.25, 0.3) is 5.56 Å². The number of nitrogens with one attached hydrogen (secondary N) is 1. The Morgan fingerprint density at radius 1 is 1.06 bits per heavy atom. The molecule has 0 fully saturated rings. The van der Waals surface area contributed by atoms with Gasteiger partial charge in [0.05, 0.1) is 0 Å². The lowest BCUT2D eigenvalue weighted by atomic mass is 10.0. The summed E-state index contributed by atoms with van der Waals surface area (Å²) >= 11 is 0. The summed E-state index contributed by atoms with van der Waals surface area (Å²) in [6.07, 6.45) is 0.921. The van der Waals surface area contributed by atoms with Crippen LogP contribution in [-0.4, -0.2) is 4.98 Å². The lowest BCUT2D eigenvalue weighted by molar-refractivity contribution is 1.14. The summed E-state index contributed by atoms with van der Waals surface area (Å²) in [7, 11) is 0. The van der Waals surface area contributed by atoms with Crippen molar-refractivity contribution in [3.8, 4) is 0 Å². The van der Waals surface area contributed by atoms with Crippen LogP contribution in [0.5, 0.6) is 0 Å². The number of aryl methyl sites for hydroxylation is 1. The number of aromatic nitrogens is 1. The highest BCUT2D eigenvalue weighted by Gasteiger charge is 2.05. The summed E-state index contributed by atoms with van der Waals surface area (Å²) in [6, 6.07) is 11.6. The number of fused-ring (bicyclic) bond motifs is 3. The second-order valence-corrected chi connectivity index (χ2v) is 4.49. The van der Waals surface area contributed by atoms with Crippen LogP contribution in [-0.2, 0) is 6.42 Å². The SMILES string of the molecule is CCc1ccc2c(c1)c(=O)[nH]c1ccc(N)cc12. The number of benzene rings is 2. The number of hydrogen-bond acceptors (Lipinski definition) is 2. The number of hydrogen-bond donors (Lipinski definition) is 2. The number of nitrogens with two attached hydrogens (primary N) is 1. The van der Waals surface area contributed by atoms with E-state index in [1.807, 2.05) is 24.3 Å². The largest absolute Gasteiger partial charge is 0.399 e. The fraction of sp³-hybridized carbons (Fsp3) is 0.133. The van der Waals surface area contributed by atoms with Crippen LogP contribution in [0.3, 0.4) is 0 Å². The van der Waals surface area contributed by atoms with Gasteiger partial charge in [0.2, 0.25) is 0 Å². The second-order valence-electron chi connectivity index (χ2n) is 4.49. The quantitative estimate of drug-likeness (QED) is 0.506. The van der Waals surface area contributed by atoms with E-state index in [-0.39, 0.29) is 5.56 Å². The number of H-pyrrole nitrogens is 1. The van der Waals surface area contributed by atoms with Crippen molar-refractivity contribution in [1.82, 2.24) is 4.98 Å². The zero-order valence-corrected chi connectivity index (χ0v) is 10.2. The Hall–Kier alpha value is -2.29. The van der Waals surface area contributed by atoms with Crippen LogP contribution in [0.4, 0.5) is 5.69 Å². The van der Waals surface area contributed by atoms with E-state index in [4.69, 9.17) is 5.73 Å². The minimum absolute atomic E-state index is 0.0439. The van der Waals surface area contributed by atoms with E-state index in [9.17, 15) is 4.79 Å². The van der Waals surface area contributed by atoms with Crippen LogP contribution in [0, 0.1) is 0 Å². The third-order valence-electron chi connectivity index (χ3n) is 3.32. The highest BCUT2D eigenvalue weighted by molar-refractivity contribution is 6.06. The maximum absolute atomic E-state index is 12.1. The molecule has 0 saturated heterocycles. The van der Waals surface area contributed by atoms with Gasteiger partial charge in [-0.05, 0) is 41.6 Å². The molecule has 3 nitrogen and oxygen atoms in total. The van der Waals surface area contributed by atoms with Crippen LogP contribution >= 0.6 is 0 Å². The van der Waals surface area contributed by atoms with Crippen LogP contribution in [0.15, 0.2) is 41.2 Å². The normalized spacial score (nSPS) is 11.2. The molecule has 0 spiro atoms. The third-order valence-corrected chi connectivity index (χ3v) is 3.32. The summed E-state index contributed by atoms with van der Waals surface area (Å²) in [5.74, 6) is 0. The second kappa shape index (κ2) is 3.88. The molecular formula is C15H14N2O. The zero-order chi connectivity index (χ0) is 12.7. The molecule has 1 aromatic heterocycles. The van der Waals surface area contributed by atoms with Gasteiger partial charge in [-0.1, -0.05) is 19.1 Å². The van der Waals surface area contributed by atoms with Crippen molar-refractivity contribution in [3.63, 3.8) is 0 Å². The Kier molecular flexibility index (Phi) is 2.33. The van der Waals surface area contributed by atoms with Crippen LogP contribution in [0.2, 0.25) is 0 Å². The molecule has 3 rings (SSSR count). The molecule has 0 saturated carbocycles. The number of pyridine rings is 1. The smallest absolute Gasteiger partial charge is 0.256 e. The standard InChI is InChI=1S/C15H14N2O/c1-2-9-3-5-11-12-8-10(16)4-6-14(12)17-15(18)13(11)7-9/h3-8H,2,16H2,1H3,(H,17,18). The lowest BCUT2D eigenvalue weighted by Gasteiger charge is -2.06. The monoisotopic (exact) mass is 238 g/mol. The summed E-state index contributed by atoms with van der Waals surface area (Å²) in [4.78, 5) is 15.0. The van der Waals surface area contributed by atoms with Crippen molar-refractivity contribution in [2.75, 3.05) is 5.73 Å². The van der Waals surface area contributed by atoms with E-state index in [1.165, 1.54) is 0 Å². The van der Waals surface area contributed by atoms with Crippen LogP contribution in [0.1, 0.15) is 12.5 Å². The minimum atomic E-state index is -0.0439. The molecule has 3 N–H and O–H groups in total. The molecule has 2 aromatic carbocycles. The van der Waals surface area contributed by atoms with E-state index < -0.39 is 0 Å². The fourth-order valence-electron chi connectivity index (χ4n) is 2.32. The fourth-order valence-corrected chi connectivity index (χ4v) is 2.32. The molecule has 0 unspecified atom stereocenters. The number of nitrogen functional groups attached to an aromatic ring is 1. The van der Waals surface area contributed by atoms with E-state index >= 15 is 0 Å². The van der Waals surface area contributed by atoms with Crippen molar-refractivity contribution in [1.29, 1.82) is 0 Å². The Morgan fingerprint density at radius 3 is 2.67 bits per heavy atom. The number of aromatic amines is 1. The van der Waals surface area contributed by atoms with Gasteiger partial charge in [0.1, 0.15) is 0 Å². The van der Waals surface area contributed by atoms with Crippen molar-refractivity contribution in [2.24, 2.45) is 0 Å². The average Bonchev–Trinajstić information content (AvgIpc) is 2.39. The first-order chi connectivity index (χ1) is 8.69. The Balaban J connectivity index is 2.53. The first-order valence-corrected chi connectivity index (χ1v) is 6.03. The Bertz CT molecular complexity index is 803. The first-order valence-electron chi connectivity index (χ1n) is 6.03. The van der Waals surface area contributed by atoms with Gasteiger partial charge in [0, 0.05) is 22.0 Å². The molecule has 0 amide bonds. The van der Waals surface area contributed by atoms with Gasteiger partial charge in [-0.2, -0.15) is 0 Å². The summed E-state index contributed by atoms with van der Waals surface area (Å²) in [5, 5.41) is 2.68. The third kappa shape index (κ3) is 1.56. The maximum atomic E-state index is 12.1. The van der Waals surface area contributed by atoms with Crippen molar-refractivity contribution in [3.05, 3.63) is 52.3 Å². The highest BCUT2D eigenvalue weighted by Crippen LogP contribution is 2.24. The van der Waals surface area contributed by atoms with Crippen molar-refractivity contribution in [2.45, 2.75) is 13.3 Å². The summed E-state index contributed by atoms with van der Waals surface area (Å²) in [6.45, 7) is 2.08. The van der Waals surface area contributed by atoms with Gasteiger partial charge in [-0.15, -0.1) is 0 Å². The Labute approximate surface area is 104 Å². The van der Waals surface area contributed by atoms with Crippen LogP contribution < -0.4 is 11.3 Å². The summed E-state index contributed by atoms with van der Waals surface area (Å²) < 4.78 is 0. The van der Waals surface area contributed by atoms with Crippen molar-refractivity contribution < 1.29 is 0 Å². The maximum Gasteiger partial charge on any atom is 0.256 e. The van der Waals surface area contributed by atoms with Crippen LogP contribution in [0.25, 0.3) is 21.7 Å². The van der Waals surface area contributed by atoms with E-state index in [0.29, 0.717) is 5.69 Å². The first kappa shape index (κ1) is 10.8. The molecule has 0 bridgehead atoms. The topological polar surface area (TPSA) is 58.9 Å². The van der Waals surface area contributed by atoms with E-state index in [2.05, 4.69) is 18.0 Å². The number of rotatable bonds is 1. The van der Waals surface area contributed by atoms with Gasteiger partial charge in [-0.25, -0.2) is 0 Å². The Morgan fingerprint density at radius 2 is 1.89 bits per heavy atom. The molecule has 0 atom stereocenters. The van der Waals surface area contributed by atoms with E-state index in [1.54, 1.807) is 6.07 Å². The lowest BCUT2D eigenvalue weighted by Crippen LogP contribution is -2.06.